The molecule has 1 aromatic carbocycles. The molecule has 1 spiro atoms. The average molecular weight is 530 g/mol. The van der Waals surface area contributed by atoms with Gasteiger partial charge in [-0.2, -0.15) is 5.10 Å². The molecule has 1 amide bonds. The Balaban J connectivity index is 1.34. The lowest BCUT2D eigenvalue weighted by Crippen LogP contribution is -2.48. The van der Waals surface area contributed by atoms with Gasteiger partial charge in [0, 0.05) is 43.4 Å². The molecule has 194 valence electrons. The van der Waals surface area contributed by atoms with Crippen molar-refractivity contribution in [2.24, 2.45) is 0 Å². The lowest BCUT2D eigenvalue weighted by molar-refractivity contribution is -0.121. The number of hydrogen-bond donors (Lipinski definition) is 0. The molecule has 3 aromatic rings. The number of hydrogen-bond acceptors (Lipinski definition) is 6. The van der Waals surface area contributed by atoms with Crippen molar-refractivity contribution in [2.75, 3.05) is 38.5 Å². The van der Waals surface area contributed by atoms with Crippen molar-refractivity contribution in [3.05, 3.63) is 53.5 Å². The molecule has 4 heterocycles. The molecule has 12 heteroatoms. The maximum Gasteiger partial charge on any atom is 0.238 e. The van der Waals surface area contributed by atoms with Crippen LogP contribution in [0.2, 0.25) is 0 Å². The number of rotatable bonds is 6. The third-order valence-electron chi connectivity index (χ3n) is 7.52. The Morgan fingerprint density at radius 3 is 2.35 bits per heavy atom. The summed E-state index contributed by atoms with van der Waals surface area (Å²) in [7, 11) is 1.55. The smallest absolute Gasteiger partial charge is 0.238 e. The van der Waals surface area contributed by atoms with Gasteiger partial charge in [0.25, 0.3) is 0 Å². The molecule has 1 saturated heterocycles. The minimum absolute atomic E-state index is 0.0291. The van der Waals surface area contributed by atoms with Crippen LogP contribution in [-0.4, -0.2) is 62.8 Å². The van der Waals surface area contributed by atoms with Gasteiger partial charge >= 0.3 is 0 Å². The number of pyridine rings is 1. The van der Waals surface area contributed by atoms with Gasteiger partial charge in [-0.15, -0.1) is 0 Å². The Bertz CT molecular complexity index is 1420. The van der Waals surface area contributed by atoms with Crippen molar-refractivity contribution in [3.8, 4) is 22.8 Å². The number of halogens is 2. The summed E-state index contributed by atoms with van der Waals surface area (Å²) in [6.45, 7) is 1.30. The molecule has 0 N–H and O–H groups in total. The zero-order chi connectivity index (χ0) is 26.1. The zero-order valence-corrected chi connectivity index (χ0v) is 21.3. The summed E-state index contributed by atoms with van der Waals surface area (Å²) >= 11 is 0. The van der Waals surface area contributed by atoms with Crippen LogP contribution >= 0.6 is 0 Å². The lowest BCUT2D eigenvalue weighted by atomic mass is 9.86. The normalized spacial score (nSPS) is 19.5. The minimum atomic E-state index is -0.995. The lowest BCUT2D eigenvalue weighted by Gasteiger charge is -2.36. The summed E-state index contributed by atoms with van der Waals surface area (Å²) in [5, 5.41) is 4.46. The zero-order valence-electron chi connectivity index (χ0n) is 20.5. The van der Waals surface area contributed by atoms with E-state index in [1.165, 1.54) is 14.2 Å². The molecule has 1 aliphatic carbocycles. The first-order valence-corrected chi connectivity index (χ1v) is 13.3. The number of anilines is 1. The molecular weight excluding hydrogens is 504 g/mol. The highest BCUT2D eigenvalue weighted by atomic mass is 32.2. The number of fused-ring (bicyclic) bond motifs is 2. The van der Waals surface area contributed by atoms with Gasteiger partial charge in [-0.3, -0.25) is 14.5 Å². The summed E-state index contributed by atoms with van der Waals surface area (Å²) in [6.07, 6.45) is 8.11. The van der Waals surface area contributed by atoms with Crippen molar-refractivity contribution < 1.29 is 27.3 Å². The van der Waals surface area contributed by atoms with E-state index in [9.17, 15) is 9.00 Å². The van der Waals surface area contributed by atoms with E-state index in [-0.39, 0.29) is 30.0 Å². The van der Waals surface area contributed by atoms with Gasteiger partial charge in [-0.05, 0) is 30.0 Å². The number of nitrogens with zero attached hydrogens (tertiary/aromatic N) is 5. The molecule has 2 aliphatic heterocycles. The second kappa shape index (κ2) is 8.59. The monoisotopic (exact) mass is 529 g/mol. The number of aromatic nitrogens is 3. The molecular formula is C25H25F2N5O4S. The van der Waals surface area contributed by atoms with Gasteiger partial charge < -0.3 is 14.4 Å². The van der Waals surface area contributed by atoms with Crippen LogP contribution in [0.15, 0.2) is 30.7 Å². The molecule has 0 radical (unpaired) electrons. The molecule has 0 bridgehead atoms. The van der Waals surface area contributed by atoms with Gasteiger partial charge in [0.2, 0.25) is 5.91 Å². The van der Waals surface area contributed by atoms with E-state index >= 15 is 8.78 Å². The van der Waals surface area contributed by atoms with Gasteiger partial charge in [0.05, 0.1) is 55.1 Å². The van der Waals surface area contributed by atoms with E-state index in [0.29, 0.717) is 31.6 Å². The van der Waals surface area contributed by atoms with Crippen LogP contribution in [0, 0.1) is 11.6 Å². The molecule has 1 unspecified atom stereocenters. The Morgan fingerprint density at radius 1 is 1.08 bits per heavy atom. The first-order chi connectivity index (χ1) is 17.8. The van der Waals surface area contributed by atoms with Crippen LogP contribution in [0.25, 0.3) is 11.3 Å². The van der Waals surface area contributed by atoms with E-state index in [4.69, 9.17) is 9.47 Å². The first-order valence-electron chi connectivity index (χ1n) is 11.8. The molecule has 37 heavy (non-hydrogen) atoms. The fraction of sp³-hybridized carbons (Fsp3) is 0.400. The Labute approximate surface area is 214 Å². The summed E-state index contributed by atoms with van der Waals surface area (Å²) in [4.78, 5) is 19.4. The highest BCUT2D eigenvalue weighted by Crippen LogP contribution is 2.55. The quantitative estimate of drug-likeness (QED) is 0.488. The van der Waals surface area contributed by atoms with Crippen molar-refractivity contribution in [1.82, 2.24) is 19.1 Å². The number of benzene rings is 1. The van der Waals surface area contributed by atoms with Crippen molar-refractivity contribution >= 4 is 22.6 Å². The number of ether oxygens (including phenoxy) is 2. The van der Waals surface area contributed by atoms with Crippen LogP contribution < -0.4 is 14.4 Å². The fourth-order valence-electron chi connectivity index (χ4n) is 5.19. The minimum Gasteiger partial charge on any atom is -0.493 e. The third kappa shape index (κ3) is 3.64. The SMILES string of the molecule is COc1cc(OC)c(F)c(N2Cc3cnc(-c4cnn(C5CN(S(C)=O)C5)c4)cc3C3(CC3)C2=O)c1F. The number of amides is 1. The van der Waals surface area contributed by atoms with Crippen LogP contribution in [-0.2, 0) is 27.7 Å². The molecule has 9 nitrogen and oxygen atoms in total. The number of methoxy groups -OCH3 is 2. The third-order valence-corrected chi connectivity index (χ3v) is 8.54. The molecule has 1 atom stereocenters. The van der Waals surface area contributed by atoms with Gasteiger partial charge in [-0.25, -0.2) is 17.3 Å². The van der Waals surface area contributed by atoms with E-state index in [1.807, 2.05) is 21.3 Å². The van der Waals surface area contributed by atoms with E-state index in [2.05, 4.69) is 10.1 Å². The number of carbonyl (C=O) groups excluding carboxylic acids is 1. The van der Waals surface area contributed by atoms with E-state index in [1.54, 1.807) is 18.6 Å². The first kappa shape index (κ1) is 24.0. The summed E-state index contributed by atoms with van der Waals surface area (Å²) in [6, 6.07) is 3.16. The maximum absolute atomic E-state index is 15.3. The topological polar surface area (TPSA) is 89.8 Å². The Morgan fingerprint density at radius 2 is 1.76 bits per heavy atom. The second-order valence-corrected chi connectivity index (χ2v) is 11.0. The standard InChI is InChI=1S/C25H25F2N5O4S/c1-35-19-7-20(36-2)22(27)23(21(19)26)31-10-14-8-28-18(6-17(14)25(4-5-25)24(31)33)15-9-29-32(11-15)16-12-30(13-16)37(3)34/h6-9,11,16H,4-5,10,12-13H2,1-3H3. The van der Waals surface area contributed by atoms with Gasteiger partial charge in [0.15, 0.2) is 23.1 Å². The largest absolute Gasteiger partial charge is 0.493 e. The van der Waals surface area contributed by atoms with E-state index < -0.39 is 33.7 Å². The average Bonchev–Trinajstić information content (AvgIpc) is 3.51. The fourth-order valence-corrected chi connectivity index (χ4v) is 5.96. The Kier molecular flexibility index (Phi) is 5.57. The van der Waals surface area contributed by atoms with E-state index in [0.717, 1.165) is 27.7 Å². The molecule has 3 aliphatic rings. The van der Waals surface area contributed by atoms with Crippen molar-refractivity contribution in [1.29, 1.82) is 0 Å². The molecule has 6 rings (SSSR count). The maximum atomic E-state index is 15.3. The van der Waals surface area contributed by atoms with Crippen molar-refractivity contribution in [2.45, 2.75) is 30.8 Å². The molecule has 2 fully saturated rings. The van der Waals surface area contributed by atoms with Crippen LogP contribution in [0.1, 0.15) is 30.0 Å². The van der Waals surface area contributed by atoms with Crippen LogP contribution in [0.5, 0.6) is 11.5 Å². The highest BCUT2D eigenvalue weighted by molar-refractivity contribution is 7.81. The molecule has 1 saturated carbocycles. The number of carbonyl (C=O) groups is 1. The highest BCUT2D eigenvalue weighted by Gasteiger charge is 2.57. The predicted molar refractivity (Wildman–Crippen MR) is 132 cm³/mol. The molecule has 2 aromatic heterocycles. The van der Waals surface area contributed by atoms with Crippen molar-refractivity contribution in [3.63, 3.8) is 0 Å². The Hall–Kier alpha value is -3.38. The van der Waals surface area contributed by atoms with Gasteiger partial charge in [-0.1, -0.05) is 0 Å². The summed E-state index contributed by atoms with van der Waals surface area (Å²) < 4.78 is 55.9. The summed E-state index contributed by atoms with van der Waals surface area (Å²) in [5.74, 6) is -2.68. The summed E-state index contributed by atoms with van der Waals surface area (Å²) in [5.41, 5.74) is 1.71. The van der Waals surface area contributed by atoms with Crippen LogP contribution in [0.4, 0.5) is 14.5 Å². The second-order valence-electron chi connectivity index (χ2n) is 9.59. The van der Waals surface area contributed by atoms with Crippen LogP contribution in [0.3, 0.4) is 0 Å². The predicted octanol–water partition coefficient (Wildman–Crippen LogP) is 2.97. The van der Waals surface area contributed by atoms with Gasteiger partial charge in [0.1, 0.15) is 5.69 Å².